The molecular formula is C35H42N2O7S. The molecule has 0 aliphatic heterocycles. The molecule has 0 fully saturated rings. The van der Waals surface area contributed by atoms with Crippen molar-refractivity contribution in [3.05, 3.63) is 89.2 Å². The van der Waals surface area contributed by atoms with Crippen molar-refractivity contribution in [3.8, 4) is 16.9 Å². The van der Waals surface area contributed by atoms with Gasteiger partial charge in [-0.1, -0.05) is 36.4 Å². The highest BCUT2D eigenvalue weighted by Crippen LogP contribution is 2.36. The van der Waals surface area contributed by atoms with Crippen molar-refractivity contribution in [3.63, 3.8) is 0 Å². The first-order chi connectivity index (χ1) is 21.1. The van der Waals surface area contributed by atoms with E-state index in [1.54, 1.807) is 18.2 Å². The molecule has 3 aromatic carbocycles. The topological polar surface area (TPSA) is 133 Å². The van der Waals surface area contributed by atoms with Crippen LogP contribution in [0.5, 0.6) is 5.75 Å². The number of carboxylic acid groups (broad SMARTS) is 1. The molecule has 0 radical (unpaired) electrons. The molecule has 3 N–H and O–H groups in total. The molecule has 0 aliphatic carbocycles. The largest absolute Gasteiger partial charge is 0.598 e. The van der Waals surface area contributed by atoms with Crippen molar-refractivity contribution in [2.24, 2.45) is 0 Å². The van der Waals surface area contributed by atoms with Crippen LogP contribution in [0, 0.1) is 0 Å². The van der Waals surface area contributed by atoms with Gasteiger partial charge in [0.15, 0.2) is 0 Å². The fraction of sp³-hybridized carbons (Fsp3) is 0.371. The van der Waals surface area contributed by atoms with E-state index in [0.717, 1.165) is 27.6 Å². The van der Waals surface area contributed by atoms with Gasteiger partial charge in [-0.15, -0.1) is 4.72 Å². The average Bonchev–Trinajstić information content (AvgIpc) is 3.38. The van der Waals surface area contributed by atoms with Crippen molar-refractivity contribution >= 4 is 34.4 Å². The highest BCUT2D eigenvalue weighted by Gasteiger charge is 2.29. The third-order valence-electron chi connectivity index (χ3n) is 6.74. The summed E-state index contributed by atoms with van der Waals surface area (Å²) in [6.07, 6.45) is -0.640. The number of carbonyl (C=O) groups is 2. The lowest BCUT2D eigenvalue weighted by Gasteiger charge is -2.25. The van der Waals surface area contributed by atoms with Crippen LogP contribution >= 0.6 is 0 Å². The molecule has 240 valence electrons. The van der Waals surface area contributed by atoms with Crippen molar-refractivity contribution in [2.75, 3.05) is 0 Å². The van der Waals surface area contributed by atoms with Crippen LogP contribution in [-0.4, -0.2) is 32.1 Å². The Morgan fingerprint density at radius 3 is 2.40 bits per heavy atom. The van der Waals surface area contributed by atoms with E-state index in [1.165, 1.54) is 0 Å². The predicted molar refractivity (Wildman–Crippen MR) is 176 cm³/mol. The molecule has 0 aliphatic rings. The van der Waals surface area contributed by atoms with Gasteiger partial charge in [-0.05, 0) is 95.5 Å². The second-order valence-corrected chi connectivity index (χ2v) is 15.0. The molecule has 0 bridgehead atoms. The number of nitrogens with one attached hydrogen (secondary N) is 2. The molecule has 2 atom stereocenters. The Morgan fingerprint density at radius 2 is 1.71 bits per heavy atom. The van der Waals surface area contributed by atoms with Gasteiger partial charge >= 0.3 is 12.1 Å². The van der Waals surface area contributed by atoms with E-state index in [9.17, 15) is 19.2 Å². The van der Waals surface area contributed by atoms with E-state index in [1.807, 2.05) is 97.0 Å². The molecule has 1 aromatic heterocycles. The van der Waals surface area contributed by atoms with Crippen molar-refractivity contribution in [1.82, 2.24) is 10.0 Å². The number of carboxylic acids is 1. The minimum absolute atomic E-state index is 0.142. The van der Waals surface area contributed by atoms with Crippen molar-refractivity contribution in [2.45, 2.75) is 84.4 Å². The van der Waals surface area contributed by atoms with Gasteiger partial charge in [0.25, 0.3) is 0 Å². The number of alkyl carbamates (subject to hydrolysis) is 1. The summed E-state index contributed by atoms with van der Waals surface area (Å²) >= 11 is -1.30. The summed E-state index contributed by atoms with van der Waals surface area (Å²) in [7, 11) is 0. The lowest BCUT2D eigenvalue weighted by Crippen LogP contribution is -2.40. The molecule has 1 unspecified atom stereocenters. The van der Waals surface area contributed by atoms with Gasteiger partial charge in [0.1, 0.15) is 40.1 Å². The maximum absolute atomic E-state index is 12.8. The summed E-state index contributed by atoms with van der Waals surface area (Å²) in [4.78, 5) is 23.6. The lowest BCUT2D eigenvalue weighted by atomic mass is 9.98. The Bertz CT molecular complexity index is 1650. The minimum atomic E-state index is -1.30. The van der Waals surface area contributed by atoms with Crippen LogP contribution < -0.4 is 14.8 Å². The maximum Gasteiger partial charge on any atom is 0.407 e. The third-order valence-corrected chi connectivity index (χ3v) is 8.42. The van der Waals surface area contributed by atoms with Crippen LogP contribution in [0.2, 0.25) is 0 Å². The number of hydrogen-bond donors (Lipinski definition) is 3. The summed E-state index contributed by atoms with van der Waals surface area (Å²) in [5.41, 5.74) is 4.07. The Balaban J connectivity index is 1.69. The summed E-state index contributed by atoms with van der Waals surface area (Å²) < 4.78 is 33.4. The number of ether oxygens (including phenoxy) is 2. The van der Waals surface area contributed by atoms with E-state index in [0.29, 0.717) is 22.7 Å². The molecule has 0 saturated heterocycles. The van der Waals surface area contributed by atoms with E-state index < -0.39 is 33.8 Å². The fourth-order valence-electron chi connectivity index (χ4n) is 4.59. The second-order valence-electron chi connectivity index (χ2n) is 13.0. The van der Waals surface area contributed by atoms with Crippen molar-refractivity contribution in [1.29, 1.82) is 0 Å². The molecule has 0 spiro atoms. The average molecular weight is 635 g/mol. The van der Waals surface area contributed by atoms with Crippen LogP contribution in [0.3, 0.4) is 0 Å². The second kappa shape index (κ2) is 14.0. The van der Waals surface area contributed by atoms with Crippen LogP contribution in [0.25, 0.3) is 22.1 Å². The zero-order valence-corrected chi connectivity index (χ0v) is 27.7. The van der Waals surface area contributed by atoms with Gasteiger partial charge in [0, 0.05) is 34.4 Å². The first-order valence-electron chi connectivity index (χ1n) is 14.8. The SMILES string of the molecule is CC(N[S@@+]([O-])C(C)(C)C)c1cc2cc(COc3ccccc3CC(=O)O)cc(-c3cccc(CNC(=O)OC(C)(C)C)c3)c2o1. The number of benzene rings is 3. The van der Waals surface area contributed by atoms with Gasteiger partial charge < -0.3 is 28.9 Å². The molecular weight excluding hydrogens is 592 g/mol. The summed E-state index contributed by atoms with van der Waals surface area (Å²) in [5.74, 6) is 0.209. The number of amides is 1. The third kappa shape index (κ3) is 9.50. The van der Waals surface area contributed by atoms with E-state index in [2.05, 4.69) is 10.0 Å². The summed E-state index contributed by atoms with van der Waals surface area (Å²) in [5, 5.41) is 13.0. The number of furan rings is 1. The lowest BCUT2D eigenvalue weighted by molar-refractivity contribution is -0.136. The quantitative estimate of drug-likeness (QED) is 0.145. The molecule has 10 heteroatoms. The Morgan fingerprint density at radius 1 is 0.978 bits per heavy atom. The number of fused-ring (bicyclic) bond motifs is 1. The standard InChI is InChI=1S/C35H42N2O7S/c1-22(37-45(41)35(5,6)7)30-18-27-16-24(21-42-29-14-9-8-12-26(29)19-31(38)39)17-28(32(27)43-30)25-13-10-11-23(15-25)20-36-33(40)44-34(2,3)4/h8-18,22,37H,19-21H2,1-7H3,(H,36,40)(H,38,39)/t22?,45-/m0/s1. The highest BCUT2D eigenvalue weighted by molar-refractivity contribution is 7.90. The Labute approximate surface area is 267 Å². The maximum atomic E-state index is 12.8. The van der Waals surface area contributed by atoms with E-state index in [4.69, 9.17) is 13.9 Å². The molecule has 4 rings (SSSR count). The Kier molecular flexibility index (Phi) is 10.5. The van der Waals surface area contributed by atoms with Crippen LogP contribution in [-0.2, 0) is 40.5 Å². The first kappa shape index (κ1) is 33.9. The zero-order valence-electron chi connectivity index (χ0n) is 26.9. The smallest absolute Gasteiger partial charge is 0.407 e. The van der Waals surface area contributed by atoms with Crippen molar-refractivity contribution < 1.29 is 33.1 Å². The van der Waals surface area contributed by atoms with Crippen LogP contribution in [0.1, 0.15) is 77.0 Å². The highest BCUT2D eigenvalue weighted by atomic mass is 32.2. The van der Waals surface area contributed by atoms with Gasteiger partial charge in [-0.25, -0.2) is 4.79 Å². The zero-order chi connectivity index (χ0) is 32.9. The molecule has 0 saturated carbocycles. The van der Waals surface area contributed by atoms with Gasteiger partial charge in [-0.2, -0.15) is 0 Å². The van der Waals surface area contributed by atoms with Gasteiger partial charge in [0.2, 0.25) is 0 Å². The molecule has 1 heterocycles. The molecule has 45 heavy (non-hydrogen) atoms. The van der Waals surface area contributed by atoms with Gasteiger partial charge in [0.05, 0.1) is 6.42 Å². The first-order valence-corrected chi connectivity index (χ1v) is 16.0. The number of carbonyl (C=O) groups excluding carboxylic acids is 1. The minimum Gasteiger partial charge on any atom is -0.598 e. The van der Waals surface area contributed by atoms with E-state index >= 15 is 0 Å². The van der Waals surface area contributed by atoms with Crippen LogP contribution in [0.15, 0.2) is 71.1 Å². The number of hydrogen-bond acceptors (Lipinski definition) is 7. The number of para-hydroxylation sites is 1. The number of rotatable bonds is 11. The summed E-state index contributed by atoms with van der Waals surface area (Å²) in [6, 6.07) is 20.5. The predicted octanol–water partition coefficient (Wildman–Crippen LogP) is 7.44. The van der Waals surface area contributed by atoms with Gasteiger partial charge in [-0.3, -0.25) is 4.79 Å². The molecule has 4 aromatic rings. The summed E-state index contributed by atoms with van der Waals surface area (Å²) in [6.45, 7) is 13.5. The molecule has 1 amide bonds. The fourth-order valence-corrected chi connectivity index (χ4v) is 5.38. The monoisotopic (exact) mass is 634 g/mol. The van der Waals surface area contributed by atoms with Crippen LogP contribution in [0.4, 0.5) is 4.79 Å². The Hall–Kier alpha value is -3.99. The normalized spacial score (nSPS) is 13.3. The molecule has 9 nitrogen and oxygen atoms in total. The van der Waals surface area contributed by atoms with E-state index in [-0.39, 0.29) is 25.6 Å². The number of aliphatic carboxylic acids is 1.